The van der Waals surface area contributed by atoms with Gasteiger partial charge in [0.25, 0.3) is 0 Å². The molecule has 1 aromatic rings. The van der Waals surface area contributed by atoms with Gasteiger partial charge in [-0.05, 0) is 24.6 Å². The number of carboxylic acid groups (broad SMARTS) is 1. The largest absolute Gasteiger partial charge is 0.481 e. The van der Waals surface area contributed by atoms with Crippen molar-refractivity contribution in [1.29, 1.82) is 0 Å². The summed E-state index contributed by atoms with van der Waals surface area (Å²) in [7, 11) is 0. The molecule has 1 aromatic carbocycles. The zero-order valence-electron chi connectivity index (χ0n) is 9.31. The van der Waals surface area contributed by atoms with Crippen LogP contribution in [0.15, 0.2) is 18.2 Å². The van der Waals surface area contributed by atoms with Crippen LogP contribution >= 0.6 is 0 Å². The van der Waals surface area contributed by atoms with E-state index in [0.717, 1.165) is 5.56 Å². The minimum absolute atomic E-state index is 0.0225. The molecule has 1 heterocycles. The number of carbonyl (C=O) groups excluding carboxylic acids is 1. The lowest BCUT2D eigenvalue weighted by atomic mass is 10.1. The summed E-state index contributed by atoms with van der Waals surface area (Å²) in [6, 6.07) is 4.15. The molecule has 1 saturated heterocycles. The minimum atomic E-state index is -0.991. The molecule has 1 N–H and O–H groups in total. The molecule has 17 heavy (non-hydrogen) atoms. The number of aryl methyl sites for hydroxylation is 1. The maximum Gasteiger partial charge on any atom is 0.308 e. The van der Waals surface area contributed by atoms with Crippen LogP contribution < -0.4 is 4.90 Å². The molecular formula is C12H12FNO3. The van der Waals surface area contributed by atoms with Crippen LogP contribution in [-0.4, -0.2) is 23.5 Å². The first-order valence-corrected chi connectivity index (χ1v) is 5.28. The van der Waals surface area contributed by atoms with Gasteiger partial charge in [0.2, 0.25) is 5.91 Å². The van der Waals surface area contributed by atoms with Gasteiger partial charge in [-0.2, -0.15) is 0 Å². The highest BCUT2D eigenvalue weighted by Crippen LogP contribution is 2.28. The van der Waals surface area contributed by atoms with Gasteiger partial charge in [-0.1, -0.05) is 6.07 Å². The lowest BCUT2D eigenvalue weighted by Gasteiger charge is -2.18. The molecule has 0 radical (unpaired) electrons. The first kappa shape index (κ1) is 11.6. The van der Waals surface area contributed by atoms with Gasteiger partial charge < -0.3 is 10.0 Å². The minimum Gasteiger partial charge on any atom is -0.481 e. The second-order valence-corrected chi connectivity index (χ2v) is 4.17. The number of aliphatic carboxylic acids is 1. The maximum atomic E-state index is 13.1. The highest BCUT2D eigenvalue weighted by molar-refractivity contribution is 5.99. The first-order chi connectivity index (χ1) is 7.99. The van der Waals surface area contributed by atoms with E-state index in [1.807, 2.05) is 0 Å². The Morgan fingerprint density at radius 3 is 2.82 bits per heavy atom. The Bertz CT molecular complexity index is 487. The van der Waals surface area contributed by atoms with E-state index in [1.165, 1.54) is 17.0 Å². The summed E-state index contributed by atoms with van der Waals surface area (Å²) >= 11 is 0. The van der Waals surface area contributed by atoms with E-state index in [9.17, 15) is 14.0 Å². The molecule has 0 bridgehead atoms. The number of anilines is 1. The van der Waals surface area contributed by atoms with Gasteiger partial charge in [0.15, 0.2) is 0 Å². The number of carboxylic acids is 1. The summed E-state index contributed by atoms with van der Waals surface area (Å²) in [5, 5.41) is 8.87. The van der Waals surface area contributed by atoms with E-state index < -0.39 is 17.7 Å². The van der Waals surface area contributed by atoms with Crippen LogP contribution in [-0.2, 0) is 9.59 Å². The van der Waals surface area contributed by atoms with Gasteiger partial charge >= 0.3 is 5.97 Å². The van der Waals surface area contributed by atoms with Crippen molar-refractivity contribution in [1.82, 2.24) is 0 Å². The molecule has 0 saturated carbocycles. The molecule has 1 fully saturated rings. The van der Waals surface area contributed by atoms with Gasteiger partial charge in [0, 0.05) is 18.7 Å². The smallest absolute Gasteiger partial charge is 0.308 e. The van der Waals surface area contributed by atoms with Crippen molar-refractivity contribution in [3.63, 3.8) is 0 Å². The zero-order valence-corrected chi connectivity index (χ0v) is 9.31. The molecule has 1 aliphatic heterocycles. The molecule has 0 aliphatic carbocycles. The van der Waals surface area contributed by atoms with Crippen molar-refractivity contribution in [2.24, 2.45) is 5.92 Å². The van der Waals surface area contributed by atoms with Crippen LogP contribution in [0.5, 0.6) is 0 Å². The third-order valence-electron chi connectivity index (χ3n) is 2.94. The number of halogens is 1. The predicted molar refractivity (Wildman–Crippen MR) is 59.2 cm³/mol. The zero-order chi connectivity index (χ0) is 12.6. The number of hydrogen-bond acceptors (Lipinski definition) is 2. The molecular weight excluding hydrogens is 225 g/mol. The van der Waals surface area contributed by atoms with Crippen LogP contribution in [0.3, 0.4) is 0 Å². The average molecular weight is 237 g/mol. The number of nitrogens with zero attached hydrogens (tertiary/aromatic N) is 1. The first-order valence-electron chi connectivity index (χ1n) is 5.28. The fraction of sp³-hybridized carbons (Fsp3) is 0.333. The van der Waals surface area contributed by atoms with Gasteiger partial charge in [-0.3, -0.25) is 9.59 Å². The van der Waals surface area contributed by atoms with Crippen LogP contribution in [0, 0.1) is 18.7 Å². The highest BCUT2D eigenvalue weighted by Gasteiger charge is 2.35. The molecule has 90 valence electrons. The second-order valence-electron chi connectivity index (χ2n) is 4.17. The Hall–Kier alpha value is -1.91. The third kappa shape index (κ3) is 2.13. The lowest BCUT2D eigenvalue weighted by molar-refractivity contribution is -0.141. The van der Waals surface area contributed by atoms with Crippen LogP contribution in [0.25, 0.3) is 0 Å². The second kappa shape index (κ2) is 4.16. The summed E-state index contributed by atoms with van der Waals surface area (Å²) in [4.78, 5) is 23.9. The molecule has 2 rings (SSSR count). The molecule has 4 nitrogen and oxygen atoms in total. The van der Waals surface area contributed by atoms with Crippen molar-refractivity contribution in [3.8, 4) is 0 Å². The van der Waals surface area contributed by atoms with E-state index in [1.54, 1.807) is 13.0 Å². The molecule has 1 aliphatic rings. The van der Waals surface area contributed by atoms with Crippen molar-refractivity contribution in [2.75, 3.05) is 11.4 Å². The van der Waals surface area contributed by atoms with E-state index >= 15 is 0 Å². The molecule has 0 aromatic heterocycles. The monoisotopic (exact) mass is 237 g/mol. The van der Waals surface area contributed by atoms with Crippen molar-refractivity contribution < 1.29 is 19.1 Å². The van der Waals surface area contributed by atoms with Crippen molar-refractivity contribution >= 4 is 17.6 Å². The molecule has 0 unspecified atom stereocenters. The Morgan fingerprint density at radius 2 is 2.24 bits per heavy atom. The van der Waals surface area contributed by atoms with Gasteiger partial charge in [0.05, 0.1) is 5.92 Å². The number of benzene rings is 1. The van der Waals surface area contributed by atoms with Gasteiger partial charge in [0.1, 0.15) is 5.82 Å². The fourth-order valence-electron chi connectivity index (χ4n) is 1.98. The standard InChI is InChI=1S/C12H12FNO3/c1-7-2-3-9(13)5-10(7)14-6-8(12(16)17)4-11(14)15/h2-3,5,8H,4,6H2,1H3,(H,16,17)/t8-/m0/s1. The summed E-state index contributed by atoms with van der Waals surface area (Å²) in [5.41, 5.74) is 1.21. The van der Waals surface area contributed by atoms with Crippen molar-refractivity contribution in [3.05, 3.63) is 29.6 Å². The van der Waals surface area contributed by atoms with Crippen LogP contribution in [0.4, 0.5) is 10.1 Å². The molecule has 1 atom stereocenters. The fourth-order valence-corrected chi connectivity index (χ4v) is 1.98. The van der Waals surface area contributed by atoms with E-state index in [-0.39, 0.29) is 18.9 Å². The van der Waals surface area contributed by atoms with Crippen LogP contribution in [0.2, 0.25) is 0 Å². The SMILES string of the molecule is Cc1ccc(F)cc1N1C[C@@H](C(=O)O)CC1=O. The van der Waals surface area contributed by atoms with Gasteiger partial charge in [-0.15, -0.1) is 0 Å². The Kier molecular flexibility index (Phi) is 2.83. The summed E-state index contributed by atoms with van der Waals surface area (Å²) < 4.78 is 13.1. The normalized spacial score (nSPS) is 19.8. The number of rotatable bonds is 2. The molecule has 5 heteroatoms. The van der Waals surface area contributed by atoms with Crippen molar-refractivity contribution in [2.45, 2.75) is 13.3 Å². The van der Waals surface area contributed by atoms with E-state index in [4.69, 9.17) is 5.11 Å². The quantitative estimate of drug-likeness (QED) is 0.849. The summed E-state index contributed by atoms with van der Waals surface area (Å²) in [6.45, 7) is 1.87. The summed E-state index contributed by atoms with van der Waals surface area (Å²) in [6.07, 6.45) is -0.0225. The topological polar surface area (TPSA) is 57.6 Å². The maximum absolute atomic E-state index is 13.1. The van der Waals surface area contributed by atoms with E-state index in [2.05, 4.69) is 0 Å². The summed E-state index contributed by atoms with van der Waals surface area (Å²) in [5.74, 6) is -2.40. The number of amides is 1. The third-order valence-corrected chi connectivity index (χ3v) is 2.94. The molecule has 1 amide bonds. The Labute approximate surface area is 97.7 Å². The highest BCUT2D eigenvalue weighted by atomic mass is 19.1. The van der Waals surface area contributed by atoms with E-state index in [0.29, 0.717) is 5.69 Å². The lowest BCUT2D eigenvalue weighted by Crippen LogP contribution is -2.26. The van der Waals surface area contributed by atoms with Crippen LogP contribution in [0.1, 0.15) is 12.0 Å². The van der Waals surface area contributed by atoms with Gasteiger partial charge in [-0.25, -0.2) is 4.39 Å². The Balaban J connectivity index is 2.32. The Morgan fingerprint density at radius 1 is 1.53 bits per heavy atom. The number of carbonyl (C=O) groups is 2. The average Bonchev–Trinajstić information content (AvgIpc) is 2.64. The predicted octanol–water partition coefficient (Wildman–Crippen LogP) is 1.57. The number of hydrogen-bond donors (Lipinski definition) is 1. The molecule has 0 spiro atoms.